The van der Waals surface area contributed by atoms with E-state index in [1.807, 2.05) is 6.07 Å². The average Bonchev–Trinajstić information content (AvgIpc) is 2.56. The summed E-state index contributed by atoms with van der Waals surface area (Å²) >= 11 is 5.38. The summed E-state index contributed by atoms with van der Waals surface area (Å²) in [5, 5.41) is -0.493. The number of carbonyl (C=O) groups is 1. The van der Waals surface area contributed by atoms with Crippen LogP contribution in [0.15, 0.2) is 24.3 Å². The van der Waals surface area contributed by atoms with Gasteiger partial charge in [-0.25, -0.2) is 4.39 Å². The smallest absolute Gasteiger partial charge is 0.245 e. The van der Waals surface area contributed by atoms with Crippen molar-refractivity contribution in [3.05, 3.63) is 41.2 Å². The SMILES string of the molecule is CCCC1CC(=CC(=O)Cl)c2cc(F)ccc21. The summed E-state index contributed by atoms with van der Waals surface area (Å²) in [6.07, 6.45) is 4.32. The first kappa shape index (κ1) is 12.3. The standard InChI is InChI=1S/C14H14ClFO/c1-2-3-9-6-10(7-14(15)17)13-8-11(16)4-5-12(9)13/h4-5,7-9H,2-3,6H2,1H3. The second-order valence-corrected chi connectivity index (χ2v) is 4.77. The number of hydrogen-bond acceptors (Lipinski definition) is 1. The molecule has 17 heavy (non-hydrogen) atoms. The van der Waals surface area contributed by atoms with Crippen molar-refractivity contribution in [2.24, 2.45) is 0 Å². The van der Waals surface area contributed by atoms with Gasteiger partial charge in [0.15, 0.2) is 0 Å². The Balaban J connectivity index is 2.44. The second kappa shape index (κ2) is 5.01. The van der Waals surface area contributed by atoms with Crippen LogP contribution in [0.2, 0.25) is 0 Å². The lowest BCUT2D eigenvalue weighted by Crippen LogP contribution is -1.92. The molecule has 0 heterocycles. The molecule has 1 aromatic rings. The van der Waals surface area contributed by atoms with Crippen LogP contribution < -0.4 is 0 Å². The van der Waals surface area contributed by atoms with Gasteiger partial charge in [-0.3, -0.25) is 4.79 Å². The van der Waals surface area contributed by atoms with Gasteiger partial charge in [0.05, 0.1) is 0 Å². The molecule has 0 radical (unpaired) electrons. The Morgan fingerprint density at radius 1 is 1.59 bits per heavy atom. The van der Waals surface area contributed by atoms with Crippen LogP contribution in [0, 0.1) is 5.82 Å². The van der Waals surface area contributed by atoms with Crippen molar-refractivity contribution < 1.29 is 9.18 Å². The Morgan fingerprint density at radius 2 is 2.35 bits per heavy atom. The van der Waals surface area contributed by atoms with Gasteiger partial charge in [0.25, 0.3) is 0 Å². The molecule has 90 valence electrons. The van der Waals surface area contributed by atoms with E-state index in [1.165, 1.54) is 18.2 Å². The van der Waals surface area contributed by atoms with Gasteiger partial charge in [0.2, 0.25) is 5.24 Å². The van der Waals surface area contributed by atoms with Crippen LogP contribution in [0.25, 0.3) is 5.57 Å². The molecular formula is C14H14ClFO. The molecule has 0 aliphatic heterocycles. The Kier molecular flexibility index (Phi) is 3.63. The van der Waals surface area contributed by atoms with E-state index in [-0.39, 0.29) is 5.82 Å². The van der Waals surface area contributed by atoms with Crippen LogP contribution in [0.5, 0.6) is 0 Å². The first-order chi connectivity index (χ1) is 8.11. The second-order valence-electron chi connectivity index (χ2n) is 4.39. The Hall–Kier alpha value is -1.15. The summed E-state index contributed by atoms with van der Waals surface area (Å²) in [5.41, 5.74) is 2.84. The fraction of sp³-hybridized carbons (Fsp3) is 0.357. The van der Waals surface area contributed by atoms with Gasteiger partial charge in [-0.1, -0.05) is 19.4 Å². The molecular weight excluding hydrogens is 239 g/mol. The largest absolute Gasteiger partial charge is 0.276 e. The highest BCUT2D eigenvalue weighted by atomic mass is 35.5. The summed E-state index contributed by atoms with van der Waals surface area (Å²) in [6, 6.07) is 4.80. The third-order valence-corrected chi connectivity index (χ3v) is 3.30. The van der Waals surface area contributed by atoms with Crippen molar-refractivity contribution in [2.75, 3.05) is 0 Å². The van der Waals surface area contributed by atoms with Gasteiger partial charge in [-0.2, -0.15) is 0 Å². The Bertz CT molecular complexity index is 479. The molecule has 0 aromatic heterocycles. The van der Waals surface area contributed by atoms with Crippen LogP contribution in [0.3, 0.4) is 0 Å². The number of benzene rings is 1. The topological polar surface area (TPSA) is 17.1 Å². The maximum Gasteiger partial charge on any atom is 0.245 e. The number of hydrogen-bond donors (Lipinski definition) is 0. The van der Waals surface area contributed by atoms with Gasteiger partial charge >= 0.3 is 0 Å². The minimum atomic E-state index is -0.493. The summed E-state index contributed by atoms with van der Waals surface area (Å²) in [5.74, 6) is 0.117. The fourth-order valence-electron chi connectivity index (χ4n) is 2.53. The molecule has 0 saturated carbocycles. The molecule has 0 N–H and O–H groups in total. The summed E-state index contributed by atoms with van der Waals surface area (Å²) in [7, 11) is 0. The Labute approximate surface area is 105 Å². The first-order valence-corrected chi connectivity index (χ1v) is 6.19. The molecule has 2 rings (SSSR count). The maximum atomic E-state index is 13.2. The molecule has 0 amide bonds. The van der Waals surface area contributed by atoms with E-state index in [4.69, 9.17) is 11.6 Å². The highest BCUT2D eigenvalue weighted by molar-refractivity contribution is 6.67. The van der Waals surface area contributed by atoms with Crippen LogP contribution in [-0.4, -0.2) is 5.24 Å². The number of carbonyl (C=O) groups excluding carboxylic acids is 1. The van der Waals surface area contributed by atoms with Crippen molar-refractivity contribution in [3.63, 3.8) is 0 Å². The van der Waals surface area contributed by atoms with E-state index in [2.05, 4.69) is 6.92 Å². The molecule has 3 heteroatoms. The van der Waals surface area contributed by atoms with Crippen molar-refractivity contribution in [1.82, 2.24) is 0 Å². The minimum absolute atomic E-state index is 0.270. The van der Waals surface area contributed by atoms with E-state index in [0.717, 1.165) is 36.0 Å². The fourth-order valence-corrected chi connectivity index (χ4v) is 2.66. The summed E-state index contributed by atoms with van der Waals surface area (Å²) in [4.78, 5) is 11.0. The monoisotopic (exact) mass is 252 g/mol. The normalized spacial score (nSPS) is 20.6. The van der Waals surface area contributed by atoms with Gasteiger partial charge in [0.1, 0.15) is 5.82 Å². The molecule has 0 bridgehead atoms. The summed E-state index contributed by atoms with van der Waals surface area (Å²) in [6.45, 7) is 2.12. The maximum absolute atomic E-state index is 13.2. The minimum Gasteiger partial charge on any atom is -0.276 e. The molecule has 1 aromatic carbocycles. The number of rotatable bonds is 3. The lowest BCUT2D eigenvalue weighted by molar-refractivity contribution is -0.107. The zero-order chi connectivity index (χ0) is 12.4. The number of fused-ring (bicyclic) bond motifs is 1. The lowest BCUT2D eigenvalue weighted by atomic mass is 9.97. The van der Waals surface area contributed by atoms with Crippen LogP contribution >= 0.6 is 11.6 Å². The lowest BCUT2D eigenvalue weighted by Gasteiger charge is -2.08. The molecule has 1 unspecified atom stereocenters. The van der Waals surface area contributed by atoms with E-state index in [0.29, 0.717) is 5.92 Å². The zero-order valence-corrected chi connectivity index (χ0v) is 10.4. The molecule has 1 aliphatic carbocycles. The highest BCUT2D eigenvalue weighted by Crippen LogP contribution is 2.43. The van der Waals surface area contributed by atoms with Crippen molar-refractivity contribution >= 4 is 22.4 Å². The van der Waals surface area contributed by atoms with Gasteiger partial charge in [-0.05, 0) is 59.2 Å². The van der Waals surface area contributed by atoms with Crippen molar-refractivity contribution in [1.29, 1.82) is 0 Å². The number of allylic oxidation sites excluding steroid dienone is 2. The zero-order valence-electron chi connectivity index (χ0n) is 9.67. The molecule has 1 nitrogen and oxygen atoms in total. The van der Waals surface area contributed by atoms with Gasteiger partial charge in [0, 0.05) is 6.08 Å². The van der Waals surface area contributed by atoms with E-state index < -0.39 is 5.24 Å². The van der Waals surface area contributed by atoms with Crippen LogP contribution in [-0.2, 0) is 4.79 Å². The van der Waals surface area contributed by atoms with Crippen molar-refractivity contribution in [3.8, 4) is 0 Å². The van der Waals surface area contributed by atoms with E-state index in [9.17, 15) is 9.18 Å². The third-order valence-electron chi connectivity index (χ3n) is 3.19. The van der Waals surface area contributed by atoms with Gasteiger partial charge in [-0.15, -0.1) is 0 Å². The van der Waals surface area contributed by atoms with Crippen LogP contribution in [0.1, 0.15) is 43.2 Å². The average molecular weight is 253 g/mol. The Morgan fingerprint density at radius 3 is 3.00 bits per heavy atom. The molecule has 0 spiro atoms. The molecule has 0 fully saturated rings. The number of halogens is 2. The predicted octanol–water partition coefficient (Wildman–Crippen LogP) is 4.26. The van der Waals surface area contributed by atoms with Crippen LogP contribution in [0.4, 0.5) is 4.39 Å². The predicted molar refractivity (Wildman–Crippen MR) is 67.5 cm³/mol. The molecule has 1 aliphatic rings. The quantitative estimate of drug-likeness (QED) is 0.580. The van der Waals surface area contributed by atoms with Crippen molar-refractivity contribution in [2.45, 2.75) is 32.1 Å². The highest BCUT2D eigenvalue weighted by Gasteiger charge is 2.26. The molecule has 1 atom stereocenters. The van der Waals surface area contributed by atoms with Gasteiger partial charge < -0.3 is 0 Å². The third kappa shape index (κ3) is 2.58. The van der Waals surface area contributed by atoms with E-state index >= 15 is 0 Å². The summed E-state index contributed by atoms with van der Waals surface area (Å²) < 4.78 is 13.2. The first-order valence-electron chi connectivity index (χ1n) is 5.81. The molecule has 0 saturated heterocycles. The van der Waals surface area contributed by atoms with E-state index in [1.54, 1.807) is 0 Å².